The van der Waals surface area contributed by atoms with Crippen LogP contribution in [-0.2, 0) is 20.9 Å². The van der Waals surface area contributed by atoms with Gasteiger partial charge in [-0.25, -0.2) is 4.79 Å². The highest BCUT2D eigenvalue weighted by molar-refractivity contribution is 9.10. The van der Waals surface area contributed by atoms with Crippen LogP contribution >= 0.6 is 15.9 Å². The second-order valence-corrected chi connectivity index (χ2v) is 5.92. The van der Waals surface area contributed by atoms with Crippen molar-refractivity contribution in [2.45, 2.75) is 6.61 Å². The smallest absolute Gasteiger partial charge is 0.407 e. The van der Waals surface area contributed by atoms with E-state index in [-0.39, 0.29) is 25.5 Å². The van der Waals surface area contributed by atoms with Crippen molar-refractivity contribution in [2.75, 3.05) is 13.2 Å². The maximum Gasteiger partial charge on any atom is 0.407 e. The first-order valence-electron chi connectivity index (χ1n) is 7.43. The van der Waals surface area contributed by atoms with Crippen molar-refractivity contribution in [1.82, 2.24) is 5.32 Å². The minimum Gasteiger partial charge on any atom is -0.456 e. The summed E-state index contributed by atoms with van der Waals surface area (Å²) in [6.07, 6.45) is -0.736. The topological polar surface area (TPSA) is 81.7 Å². The molecule has 0 spiro atoms. The molecule has 0 atom stereocenters. The molecule has 0 aromatic heterocycles. The lowest BCUT2D eigenvalue weighted by Crippen LogP contribution is -2.31. The van der Waals surface area contributed by atoms with Crippen LogP contribution in [0.4, 0.5) is 4.79 Å². The fourth-order valence-corrected chi connectivity index (χ4v) is 2.10. The van der Waals surface area contributed by atoms with Gasteiger partial charge in [0.1, 0.15) is 13.2 Å². The third kappa shape index (κ3) is 6.76. The van der Waals surface area contributed by atoms with E-state index in [0.717, 1.165) is 10.0 Å². The van der Waals surface area contributed by atoms with Crippen LogP contribution in [0.15, 0.2) is 59.1 Å². The molecule has 2 aromatic rings. The third-order valence-electron chi connectivity index (χ3n) is 3.12. The summed E-state index contributed by atoms with van der Waals surface area (Å²) in [5.41, 5.74) is 1.27. The van der Waals surface area contributed by atoms with Crippen molar-refractivity contribution < 1.29 is 23.9 Å². The number of nitrogens with one attached hydrogen (secondary N) is 1. The van der Waals surface area contributed by atoms with Gasteiger partial charge in [0.25, 0.3) is 0 Å². The molecule has 2 rings (SSSR count). The summed E-state index contributed by atoms with van der Waals surface area (Å²) < 4.78 is 10.6. The zero-order valence-electron chi connectivity index (χ0n) is 13.2. The SMILES string of the molecule is O=C(CNC(=O)OCc1ccccc1)OCC(=O)c1ccc(Br)cc1. The molecule has 0 aliphatic heterocycles. The minimum absolute atomic E-state index is 0.101. The number of hydrogen-bond acceptors (Lipinski definition) is 5. The van der Waals surface area contributed by atoms with Crippen molar-refractivity contribution in [2.24, 2.45) is 0 Å². The van der Waals surface area contributed by atoms with Gasteiger partial charge in [0.05, 0.1) is 0 Å². The fourth-order valence-electron chi connectivity index (χ4n) is 1.83. The van der Waals surface area contributed by atoms with Crippen molar-refractivity contribution in [3.8, 4) is 0 Å². The van der Waals surface area contributed by atoms with Gasteiger partial charge in [0, 0.05) is 10.0 Å². The third-order valence-corrected chi connectivity index (χ3v) is 3.65. The summed E-state index contributed by atoms with van der Waals surface area (Å²) in [7, 11) is 0. The molecule has 7 heteroatoms. The molecule has 0 bridgehead atoms. The van der Waals surface area contributed by atoms with Gasteiger partial charge in [-0.05, 0) is 17.7 Å². The highest BCUT2D eigenvalue weighted by Crippen LogP contribution is 2.11. The first-order chi connectivity index (χ1) is 12.0. The number of esters is 1. The molecule has 1 N–H and O–H groups in total. The van der Waals surface area contributed by atoms with E-state index < -0.39 is 12.1 Å². The maximum absolute atomic E-state index is 11.9. The summed E-state index contributed by atoms with van der Waals surface area (Å²) in [6.45, 7) is -0.660. The van der Waals surface area contributed by atoms with Gasteiger partial charge in [-0.1, -0.05) is 58.4 Å². The Hall–Kier alpha value is -2.67. The van der Waals surface area contributed by atoms with Gasteiger partial charge >= 0.3 is 12.1 Å². The molecule has 0 fully saturated rings. The molecular formula is C18H16BrNO5. The van der Waals surface area contributed by atoms with Crippen molar-refractivity contribution in [1.29, 1.82) is 0 Å². The fraction of sp³-hybridized carbons (Fsp3) is 0.167. The number of alkyl carbamates (subject to hydrolysis) is 1. The van der Waals surface area contributed by atoms with Gasteiger partial charge in [-0.2, -0.15) is 0 Å². The Kier molecular flexibility index (Phi) is 7.16. The number of carbonyl (C=O) groups excluding carboxylic acids is 3. The summed E-state index contributed by atoms with van der Waals surface area (Å²) in [4.78, 5) is 34.9. The van der Waals surface area contributed by atoms with Gasteiger partial charge in [0.2, 0.25) is 0 Å². The first kappa shape index (κ1) is 18.7. The van der Waals surface area contributed by atoms with Crippen LogP contribution in [0.3, 0.4) is 0 Å². The highest BCUT2D eigenvalue weighted by atomic mass is 79.9. The number of halogens is 1. The quantitative estimate of drug-likeness (QED) is 0.565. The van der Waals surface area contributed by atoms with E-state index in [4.69, 9.17) is 9.47 Å². The number of ether oxygens (including phenoxy) is 2. The average molecular weight is 406 g/mol. The molecule has 2 aromatic carbocycles. The van der Waals surface area contributed by atoms with Crippen LogP contribution in [0.25, 0.3) is 0 Å². The molecule has 25 heavy (non-hydrogen) atoms. The van der Waals surface area contributed by atoms with E-state index in [1.807, 2.05) is 30.3 Å². The Labute approximate surface area is 153 Å². The van der Waals surface area contributed by atoms with Gasteiger partial charge < -0.3 is 14.8 Å². The Balaban J connectivity index is 1.65. The molecule has 0 aliphatic carbocycles. The second kappa shape index (κ2) is 9.58. The number of rotatable bonds is 7. The van der Waals surface area contributed by atoms with Crippen molar-refractivity contribution in [3.63, 3.8) is 0 Å². The molecule has 1 amide bonds. The molecule has 130 valence electrons. The average Bonchev–Trinajstić information content (AvgIpc) is 2.64. The van der Waals surface area contributed by atoms with E-state index in [2.05, 4.69) is 21.2 Å². The lowest BCUT2D eigenvalue weighted by atomic mass is 10.1. The second-order valence-electron chi connectivity index (χ2n) is 5.01. The number of benzene rings is 2. The normalized spacial score (nSPS) is 9.96. The molecule has 0 radical (unpaired) electrons. The molecular weight excluding hydrogens is 390 g/mol. The van der Waals surface area contributed by atoms with Crippen molar-refractivity contribution >= 4 is 33.8 Å². The van der Waals surface area contributed by atoms with E-state index in [1.54, 1.807) is 24.3 Å². The lowest BCUT2D eigenvalue weighted by Gasteiger charge is -2.07. The summed E-state index contributed by atoms with van der Waals surface area (Å²) in [6, 6.07) is 15.8. The number of ketones is 1. The Morgan fingerprint density at radius 2 is 1.60 bits per heavy atom. The van der Waals surface area contributed by atoms with Crippen LogP contribution in [0.5, 0.6) is 0 Å². The Bertz CT molecular complexity index is 731. The number of hydrogen-bond donors (Lipinski definition) is 1. The van der Waals surface area contributed by atoms with Gasteiger partial charge in [-0.3, -0.25) is 9.59 Å². The predicted octanol–water partition coefficient (Wildman–Crippen LogP) is 3.10. The van der Waals surface area contributed by atoms with Crippen LogP contribution < -0.4 is 5.32 Å². The molecule has 0 aliphatic rings. The zero-order valence-corrected chi connectivity index (χ0v) is 14.8. The van der Waals surface area contributed by atoms with E-state index in [0.29, 0.717) is 5.56 Å². The van der Waals surface area contributed by atoms with E-state index >= 15 is 0 Å². The molecule has 0 saturated carbocycles. The molecule has 0 unspecified atom stereocenters. The molecule has 0 heterocycles. The summed E-state index contributed by atoms with van der Waals surface area (Å²) in [5.74, 6) is -1.05. The van der Waals surface area contributed by atoms with Crippen LogP contribution in [-0.4, -0.2) is 31.0 Å². The van der Waals surface area contributed by atoms with Crippen LogP contribution in [0, 0.1) is 0 Å². The van der Waals surface area contributed by atoms with Crippen LogP contribution in [0.2, 0.25) is 0 Å². The van der Waals surface area contributed by atoms with Crippen molar-refractivity contribution in [3.05, 3.63) is 70.2 Å². The number of amides is 1. The monoisotopic (exact) mass is 405 g/mol. The maximum atomic E-state index is 11.9. The van der Waals surface area contributed by atoms with E-state index in [1.165, 1.54) is 0 Å². The summed E-state index contributed by atoms with van der Waals surface area (Å²) in [5, 5.41) is 2.27. The van der Waals surface area contributed by atoms with Crippen LogP contribution in [0.1, 0.15) is 15.9 Å². The highest BCUT2D eigenvalue weighted by Gasteiger charge is 2.11. The zero-order chi connectivity index (χ0) is 18.1. The predicted molar refractivity (Wildman–Crippen MR) is 94.1 cm³/mol. The lowest BCUT2D eigenvalue weighted by molar-refractivity contribution is -0.141. The summed E-state index contributed by atoms with van der Waals surface area (Å²) >= 11 is 3.27. The minimum atomic E-state index is -0.736. The Morgan fingerprint density at radius 3 is 2.28 bits per heavy atom. The van der Waals surface area contributed by atoms with Gasteiger partial charge in [0.15, 0.2) is 12.4 Å². The Morgan fingerprint density at radius 1 is 0.920 bits per heavy atom. The van der Waals surface area contributed by atoms with E-state index in [9.17, 15) is 14.4 Å². The van der Waals surface area contributed by atoms with Gasteiger partial charge in [-0.15, -0.1) is 0 Å². The number of Topliss-reactive ketones (excluding diaryl/α,β-unsaturated/α-hetero) is 1. The molecule has 6 nitrogen and oxygen atoms in total. The largest absolute Gasteiger partial charge is 0.456 e. The number of carbonyl (C=O) groups is 3. The molecule has 0 saturated heterocycles. The first-order valence-corrected chi connectivity index (χ1v) is 8.23. The standard InChI is InChI=1S/C18H16BrNO5/c19-15-8-6-14(7-9-15)16(21)12-24-17(22)10-20-18(23)25-11-13-4-2-1-3-5-13/h1-9H,10-12H2,(H,20,23).